The highest BCUT2D eigenvalue weighted by Gasteiger charge is 2.19. The van der Waals surface area contributed by atoms with Crippen molar-refractivity contribution in [1.82, 2.24) is 14.8 Å². The van der Waals surface area contributed by atoms with Crippen molar-refractivity contribution in [3.05, 3.63) is 71.0 Å². The van der Waals surface area contributed by atoms with Crippen molar-refractivity contribution in [3.63, 3.8) is 0 Å². The molecule has 1 unspecified atom stereocenters. The van der Waals surface area contributed by atoms with Gasteiger partial charge >= 0.3 is 0 Å². The fourth-order valence-corrected chi connectivity index (χ4v) is 5.37. The van der Waals surface area contributed by atoms with E-state index in [1.165, 1.54) is 0 Å². The molecule has 2 fully saturated rings. The highest BCUT2D eigenvalue weighted by molar-refractivity contribution is 7.13. The Morgan fingerprint density at radius 3 is 2.51 bits per heavy atom. The number of aromatic nitrogens is 1. The Kier molecular flexibility index (Phi) is 8.78. The molecule has 3 heterocycles. The zero-order chi connectivity index (χ0) is 25.5. The molecule has 2 aliphatic rings. The average Bonchev–Trinajstić information content (AvgIpc) is 3.42. The van der Waals surface area contributed by atoms with Crippen molar-refractivity contribution in [2.24, 2.45) is 4.99 Å². The van der Waals surface area contributed by atoms with Crippen molar-refractivity contribution in [2.75, 3.05) is 71.0 Å². The average molecular weight is 524 g/mol. The highest BCUT2D eigenvalue weighted by Crippen LogP contribution is 2.31. The van der Waals surface area contributed by atoms with Gasteiger partial charge in [-0.25, -0.2) is 9.37 Å². The number of aliphatic imine (C=N–C) groups is 1. The molecule has 0 saturated carbocycles. The fourth-order valence-electron chi connectivity index (χ4n) is 4.58. The molecule has 37 heavy (non-hydrogen) atoms. The van der Waals surface area contributed by atoms with Crippen molar-refractivity contribution >= 4 is 22.4 Å². The SMILES string of the molecule is CC(c1ccc(-c2ccccc2)c(F)c1)c1csc(NC(=NCCN2CCOCC2)N2CCOCC2)n1. The number of nitrogens with one attached hydrogen (secondary N) is 1. The van der Waals surface area contributed by atoms with Crippen LogP contribution >= 0.6 is 11.3 Å². The van der Waals surface area contributed by atoms with Gasteiger partial charge in [0.25, 0.3) is 0 Å². The van der Waals surface area contributed by atoms with Gasteiger partial charge in [-0.2, -0.15) is 0 Å². The van der Waals surface area contributed by atoms with Crippen LogP contribution in [0.25, 0.3) is 11.1 Å². The lowest BCUT2D eigenvalue weighted by Crippen LogP contribution is -2.44. The first-order chi connectivity index (χ1) is 18.2. The third-order valence-electron chi connectivity index (χ3n) is 6.85. The minimum absolute atomic E-state index is 0.0313. The van der Waals surface area contributed by atoms with Gasteiger partial charge in [0, 0.05) is 49.6 Å². The molecule has 1 aromatic heterocycles. The molecular formula is C28H34FN5O2S. The van der Waals surface area contributed by atoms with E-state index in [2.05, 4.69) is 22.0 Å². The minimum Gasteiger partial charge on any atom is -0.379 e. The number of morpholine rings is 2. The Morgan fingerprint density at radius 2 is 1.78 bits per heavy atom. The van der Waals surface area contributed by atoms with E-state index < -0.39 is 0 Å². The number of nitrogens with zero attached hydrogens (tertiary/aromatic N) is 4. The maximum absolute atomic E-state index is 15.0. The molecule has 0 aliphatic carbocycles. The van der Waals surface area contributed by atoms with Crippen LogP contribution in [-0.2, 0) is 9.47 Å². The van der Waals surface area contributed by atoms with E-state index in [1.807, 2.05) is 47.8 Å². The van der Waals surface area contributed by atoms with E-state index in [-0.39, 0.29) is 11.7 Å². The Balaban J connectivity index is 1.27. The third-order valence-corrected chi connectivity index (χ3v) is 7.63. The van der Waals surface area contributed by atoms with Gasteiger partial charge < -0.3 is 19.7 Å². The molecule has 0 radical (unpaired) electrons. The summed E-state index contributed by atoms with van der Waals surface area (Å²) in [5.74, 6) is 0.589. The standard InChI is InChI=1S/C28H34FN5O2S/c1-21(23-7-8-24(25(29)19-23)22-5-3-2-4-6-22)26-20-37-28(31-26)32-27(34-13-17-36-18-14-34)30-9-10-33-11-15-35-16-12-33/h2-8,19-21H,9-18H2,1H3,(H,30,31,32). The van der Waals surface area contributed by atoms with Crippen LogP contribution in [0.1, 0.15) is 24.1 Å². The van der Waals surface area contributed by atoms with Crippen molar-refractivity contribution in [3.8, 4) is 11.1 Å². The molecule has 1 atom stereocenters. The number of halogens is 1. The highest BCUT2D eigenvalue weighted by atomic mass is 32.1. The van der Waals surface area contributed by atoms with Gasteiger partial charge in [0.15, 0.2) is 11.1 Å². The van der Waals surface area contributed by atoms with E-state index in [0.29, 0.717) is 25.3 Å². The lowest BCUT2D eigenvalue weighted by Gasteiger charge is -2.30. The zero-order valence-electron chi connectivity index (χ0n) is 21.2. The topological polar surface area (TPSA) is 62.2 Å². The van der Waals surface area contributed by atoms with Crippen LogP contribution in [0.2, 0.25) is 0 Å². The van der Waals surface area contributed by atoms with Crippen LogP contribution in [-0.4, -0.2) is 86.4 Å². The summed E-state index contributed by atoms with van der Waals surface area (Å²) in [5.41, 5.74) is 3.30. The Morgan fingerprint density at radius 1 is 1.05 bits per heavy atom. The van der Waals surface area contributed by atoms with Gasteiger partial charge in [-0.1, -0.05) is 49.4 Å². The molecule has 2 aliphatic heterocycles. The third kappa shape index (κ3) is 6.73. The van der Waals surface area contributed by atoms with Gasteiger partial charge in [0.05, 0.1) is 38.7 Å². The number of thiazole rings is 1. The van der Waals surface area contributed by atoms with Gasteiger partial charge in [0.1, 0.15) is 5.82 Å². The lowest BCUT2D eigenvalue weighted by molar-refractivity contribution is 0.0393. The minimum atomic E-state index is -0.217. The Bertz CT molecular complexity index is 1180. The molecule has 7 nitrogen and oxygen atoms in total. The van der Waals surface area contributed by atoms with E-state index in [9.17, 15) is 4.39 Å². The van der Waals surface area contributed by atoms with Crippen LogP contribution in [0.3, 0.4) is 0 Å². The molecular weight excluding hydrogens is 489 g/mol. The van der Waals surface area contributed by atoms with E-state index in [1.54, 1.807) is 17.4 Å². The maximum Gasteiger partial charge on any atom is 0.200 e. The molecule has 196 valence electrons. The fraction of sp³-hybridized carbons (Fsp3) is 0.429. The summed E-state index contributed by atoms with van der Waals surface area (Å²) in [5, 5.41) is 6.30. The number of ether oxygens (including phenoxy) is 2. The van der Waals surface area contributed by atoms with Crippen LogP contribution in [0, 0.1) is 5.82 Å². The largest absolute Gasteiger partial charge is 0.379 e. The molecule has 0 bridgehead atoms. The smallest absolute Gasteiger partial charge is 0.200 e. The molecule has 0 amide bonds. The van der Waals surface area contributed by atoms with Crippen molar-refractivity contribution < 1.29 is 13.9 Å². The second-order valence-electron chi connectivity index (χ2n) is 9.29. The number of benzene rings is 2. The quantitative estimate of drug-likeness (QED) is 0.363. The van der Waals surface area contributed by atoms with Gasteiger partial charge in [-0.15, -0.1) is 11.3 Å². The summed E-state index contributed by atoms with van der Waals surface area (Å²) in [4.78, 5) is 14.4. The van der Waals surface area contributed by atoms with E-state index >= 15 is 0 Å². The zero-order valence-corrected chi connectivity index (χ0v) is 22.1. The molecule has 2 saturated heterocycles. The number of hydrogen-bond acceptors (Lipinski definition) is 6. The molecule has 2 aromatic carbocycles. The molecule has 0 spiro atoms. The van der Waals surface area contributed by atoms with Gasteiger partial charge in [0.2, 0.25) is 0 Å². The van der Waals surface area contributed by atoms with Crippen molar-refractivity contribution in [2.45, 2.75) is 12.8 Å². The second kappa shape index (κ2) is 12.6. The summed E-state index contributed by atoms with van der Waals surface area (Å²) in [6, 6.07) is 15.1. The monoisotopic (exact) mass is 523 g/mol. The number of guanidine groups is 1. The normalized spacial score (nSPS) is 18.1. The van der Waals surface area contributed by atoms with Gasteiger partial charge in [-0.05, 0) is 17.2 Å². The summed E-state index contributed by atoms with van der Waals surface area (Å²) >= 11 is 1.55. The van der Waals surface area contributed by atoms with E-state index in [4.69, 9.17) is 19.5 Å². The predicted molar refractivity (Wildman–Crippen MR) is 147 cm³/mol. The first kappa shape index (κ1) is 25.8. The first-order valence-corrected chi connectivity index (χ1v) is 13.8. The van der Waals surface area contributed by atoms with Crippen LogP contribution in [0.4, 0.5) is 9.52 Å². The summed E-state index contributed by atoms with van der Waals surface area (Å²) in [6.07, 6.45) is 0. The second-order valence-corrected chi connectivity index (χ2v) is 10.1. The summed E-state index contributed by atoms with van der Waals surface area (Å²) in [6.45, 7) is 10.1. The summed E-state index contributed by atoms with van der Waals surface area (Å²) in [7, 11) is 0. The Labute approximate surface area is 221 Å². The van der Waals surface area contributed by atoms with Crippen molar-refractivity contribution in [1.29, 1.82) is 0 Å². The van der Waals surface area contributed by atoms with E-state index in [0.717, 1.165) is 73.8 Å². The van der Waals surface area contributed by atoms with Crippen LogP contribution < -0.4 is 5.32 Å². The summed E-state index contributed by atoms with van der Waals surface area (Å²) < 4.78 is 26.0. The van der Waals surface area contributed by atoms with Crippen LogP contribution in [0.5, 0.6) is 0 Å². The molecule has 1 N–H and O–H groups in total. The predicted octanol–water partition coefficient (Wildman–Crippen LogP) is 4.53. The molecule has 3 aromatic rings. The molecule has 5 rings (SSSR count). The van der Waals surface area contributed by atoms with Crippen LogP contribution in [0.15, 0.2) is 58.9 Å². The number of hydrogen-bond donors (Lipinski definition) is 1. The first-order valence-electron chi connectivity index (χ1n) is 12.9. The Hall–Kier alpha value is -2.85. The van der Waals surface area contributed by atoms with Gasteiger partial charge in [-0.3, -0.25) is 9.89 Å². The lowest BCUT2D eigenvalue weighted by atomic mass is 9.95. The molecule has 9 heteroatoms. The number of anilines is 1. The number of rotatable bonds is 7. The maximum atomic E-state index is 15.0.